The molecule has 29 heavy (non-hydrogen) atoms. The molecule has 0 bridgehead atoms. The summed E-state index contributed by atoms with van der Waals surface area (Å²) in [5, 5.41) is 2.84. The molecular weight excluding hydrogens is 392 g/mol. The zero-order valence-electron chi connectivity index (χ0n) is 17.1. The third-order valence-corrected chi connectivity index (χ3v) is 6.97. The third kappa shape index (κ3) is 5.38. The molecule has 0 aromatic heterocycles. The molecule has 0 aliphatic carbocycles. The summed E-state index contributed by atoms with van der Waals surface area (Å²) >= 11 is 0. The Balaban J connectivity index is 2.27. The zero-order chi connectivity index (χ0) is 21.5. The van der Waals surface area contributed by atoms with Gasteiger partial charge in [-0.15, -0.1) is 6.42 Å². The Labute approximate surface area is 173 Å². The fraction of sp³-hybridized carbons (Fsp3) is 0.476. The number of terminal acetylenes is 1. The van der Waals surface area contributed by atoms with Crippen molar-refractivity contribution in [2.24, 2.45) is 0 Å². The van der Waals surface area contributed by atoms with Crippen LogP contribution in [0.25, 0.3) is 6.08 Å². The predicted molar refractivity (Wildman–Crippen MR) is 112 cm³/mol. The van der Waals surface area contributed by atoms with Crippen LogP contribution in [0, 0.1) is 12.3 Å². The van der Waals surface area contributed by atoms with E-state index in [0.717, 1.165) is 0 Å². The Morgan fingerprint density at radius 1 is 1.34 bits per heavy atom. The Hall–Kier alpha value is -2.34. The zero-order valence-corrected chi connectivity index (χ0v) is 17.9. The van der Waals surface area contributed by atoms with E-state index in [-0.39, 0.29) is 29.6 Å². The van der Waals surface area contributed by atoms with Crippen molar-refractivity contribution in [3.05, 3.63) is 29.8 Å². The van der Waals surface area contributed by atoms with Crippen molar-refractivity contribution in [2.75, 3.05) is 33.4 Å². The molecule has 0 unspecified atom stereocenters. The fourth-order valence-electron chi connectivity index (χ4n) is 3.04. The second-order valence-electron chi connectivity index (χ2n) is 6.68. The van der Waals surface area contributed by atoms with Crippen LogP contribution in [0.15, 0.2) is 29.2 Å². The molecule has 1 heterocycles. The molecule has 1 saturated heterocycles. The van der Waals surface area contributed by atoms with Gasteiger partial charge in [-0.05, 0) is 36.6 Å². The monoisotopic (exact) mass is 420 g/mol. The van der Waals surface area contributed by atoms with E-state index in [2.05, 4.69) is 11.2 Å². The number of amides is 1. The van der Waals surface area contributed by atoms with Crippen LogP contribution in [-0.4, -0.2) is 57.6 Å². The van der Waals surface area contributed by atoms with Crippen LogP contribution >= 0.6 is 0 Å². The Morgan fingerprint density at radius 3 is 2.55 bits per heavy atom. The first-order chi connectivity index (χ1) is 13.8. The van der Waals surface area contributed by atoms with E-state index < -0.39 is 15.6 Å². The standard InChI is InChI=1S/C21H28N2O5S/c1-5-21(6-2,7-3)22-20(24)11-9-17-8-10-18(27-4)19(16-17)29(25,26)23-12-14-28-15-13-23/h1,8-11,16H,6-7,12-15H2,2-4H3,(H,22,24)/b11-9+. The number of ether oxygens (including phenoxy) is 2. The van der Waals surface area contributed by atoms with Crippen molar-refractivity contribution >= 4 is 22.0 Å². The van der Waals surface area contributed by atoms with Crippen LogP contribution in [0.2, 0.25) is 0 Å². The summed E-state index contributed by atoms with van der Waals surface area (Å²) < 4.78 is 37.9. The SMILES string of the molecule is C#CC(CC)(CC)NC(=O)/C=C/c1ccc(OC)c(S(=O)(=O)N2CCOCC2)c1. The minimum atomic E-state index is -3.74. The molecule has 0 spiro atoms. The lowest BCUT2D eigenvalue weighted by atomic mass is 9.94. The smallest absolute Gasteiger partial charge is 0.246 e. The number of methoxy groups -OCH3 is 1. The minimum Gasteiger partial charge on any atom is -0.495 e. The first-order valence-electron chi connectivity index (χ1n) is 9.56. The van der Waals surface area contributed by atoms with Gasteiger partial charge in [-0.1, -0.05) is 25.8 Å². The molecule has 1 N–H and O–H groups in total. The van der Waals surface area contributed by atoms with Gasteiger partial charge in [0.25, 0.3) is 0 Å². The fourth-order valence-corrected chi connectivity index (χ4v) is 4.64. The number of hydrogen-bond donors (Lipinski definition) is 1. The van der Waals surface area contributed by atoms with Crippen molar-refractivity contribution < 1.29 is 22.7 Å². The second-order valence-corrected chi connectivity index (χ2v) is 8.59. The Kier molecular flexibility index (Phi) is 7.85. The number of morpholine rings is 1. The molecule has 0 saturated carbocycles. The largest absolute Gasteiger partial charge is 0.495 e. The van der Waals surface area contributed by atoms with Crippen molar-refractivity contribution in [2.45, 2.75) is 37.1 Å². The van der Waals surface area contributed by atoms with Gasteiger partial charge in [0, 0.05) is 19.2 Å². The number of hydrogen-bond acceptors (Lipinski definition) is 5. The van der Waals surface area contributed by atoms with E-state index in [1.165, 1.54) is 23.6 Å². The quantitative estimate of drug-likeness (QED) is 0.514. The van der Waals surface area contributed by atoms with Crippen molar-refractivity contribution in [3.63, 3.8) is 0 Å². The molecule has 0 atom stereocenters. The van der Waals surface area contributed by atoms with Crippen LogP contribution in [0.4, 0.5) is 0 Å². The normalized spacial score (nSPS) is 15.8. The van der Waals surface area contributed by atoms with Gasteiger partial charge in [-0.3, -0.25) is 4.79 Å². The van der Waals surface area contributed by atoms with Gasteiger partial charge in [0.1, 0.15) is 16.2 Å². The van der Waals surface area contributed by atoms with Gasteiger partial charge in [0.2, 0.25) is 15.9 Å². The van der Waals surface area contributed by atoms with Crippen LogP contribution in [0.3, 0.4) is 0 Å². The third-order valence-electron chi connectivity index (χ3n) is 5.05. The van der Waals surface area contributed by atoms with Crippen LogP contribution in [-0.2, 0) is 19.6 Å². The number of nitrogens with zero attached hydrogens (tertiary/aromatic N) is 1. The summed E-state index contributed by atoms with van der Waals surface area (Å²) in [5.41, 5.74) is -0.126. The van der Waals surface area contributed by atoms with E-state index in [9.17, 15) is 13.2 Å². The summed E-state index contributed by atoms with van der Waals surface area (Å²) in [4.78, 5) is 12.4. The molecule has 1 aromatic rings. The van der Waals surface area contributed by atoms with Gasteiger partial charge in [0.05, 0.1) is 20.3 Å². The average molecular weight is 421 g/mol. The summed E-state index contributed by atoms with van der Waals surface area (Å²) in [5.74, 6) is 2.57. The second kappa shape index (κ2) is 9.92. The van der Waals surface area contributed by atoms with Crippen molar-refractivity contribution in [3.8, 4) is 18.1 Å². The average Bonchev–Trinajstić information content (AvgIpc) is 2.76. The highest BCUT2D eigenvalue weighted by atomic mass is 32.2. The van der Waals surface area contributed by atoms with E-state index in [1.54, 1.807) is 18.2 Å². The highest BCUT2D eigenvalue weighted by Gasteiger charge is 2.29. The Bertz CT molecular complexity index is 892. The molecule has 0 radical (unpaired) electrons. The number of nitrogens with one attached hydrogen (secondary N) is 1. The number of carbonyl (C=O) groups excluding carboxylic acids is 1. The lowest BCUT2D eigenvalue weighted by Gasteiger charge is -2.26. The van der Waals surface area contributed by atoms with Crippen molar-refractivity contribution in [1.29, 1.82) is 0 Å². The summed E-state index contributed by atoms with van der Waals surface area (Å²) in [6.45, 7) is 5.12. The predicted octanol–water partition coefficient (Wildman–Crippen LogP) is 2.04. The maximum atomic E-state index is 13.0. The number of rotatable bonds is 8. The van der Waals surface area contributed by atoms with Crippen LogP contribution in [0.1, 0.15) is 32.3 Å². The Morgan fingerprint density at radius 2 is 2.00 bits per heavy atom. The van der Waals surface area contributed by atoms with Gasteiger partial charge in [0.15, 0.2) is 0 Å². The maximum Gasteiger partial charge on any atom is 0.246 e. The van der Waals surface area contributed by atoms with E-state index >= 15 is 0 Å². The van der Waals surface area contributed by atoms with Crippen LogP contribution < -0.4 is 10.1 Å². The lowest BCUT2D eigenvalue weighted by molar-refractivity contribution is -0.117. The molecule has 1 fully saturated rings. The molecule has 2 rings (SSSR count). The molecule has 7 nitrogen and oxygen atoms in total. The van der Waals surface area contributed by atoms with Gasteiger partial charge in [-0.25, -0.2) is 8.42 Å². The number of benzene rings is 1. The number of sulfonamides is 1. The van der Waals surface area contributed by atoms with Crippen LogP contribution in [0.5, 0.6) is 5.75 Å². The summed E-state index contributed by atoms with van der Waals surface area (Å²) in [6.07, 6.45) is 9.71. The first kappa shape index (κ1) is 22.9. The lowest BCUT2D eigenvalue weighted by Crippen LogP contribution is -2.45. The maximum absolute atomic E-state index is 13.0. The van der Waals surface area contributed by atoms with Gasteiger partial charge < -0.3 is 14.8 Å². The first-order valence-corrected chi connectivity index (χ1v) is 11.0. The van der Waals surface area contributed by atoms with E-state index in [0.29, 0.717) is 31.6 Å². The minimum absolute atomic E-state index is 0.0598. The topological polar surface area (TPSA) is 84.9 Å². The van der Waals surface area contributed by atoms with Gasteiger partial charge >= 0.3 is 0 Å². The molecule has 1 aromatic carbocycles. The molecule has 1 aliphatic heterocycles. The molecular formula is C21H28N2O5S. The molecule has 1 amide bonds. The van der Waals surface area contributed by atoms with Crippen molar-refractivity contribution in [1.82, 2.24) is 9.62 Å². The number of carbonyl (C=O) groups is 1. The highest BCUT2D eigenvalue weighted by molar-refractivity contribution is 7.89. The summed E-state index contributed by atoms with van der Waals surface area (Å²) in [6, 6.07) is 4.77. The molecule has 158 valence electrons. The summed E-state index contributed by atoms with van der Waals surface area (Å²) in [7, 11) is -2.32. The van der Waals surface area contributed by atoms with Gasteiger partial charge in [-0.2, -0.15) is 4.31 Å². The van der Waals surface area contributed by atoms with E-state index in [4.69, 9.17) is 15.9 Å². The molecule has 1 aliphatic rings. The van der Waals surface area contributed by atoms with E-state index in [1.807, 2.05) is 13.8 Å². The molecule has 8 heteroatoms. The highest BCUT2D eigenvalue weighted by Crippen LogP contribution is 2.29.